The summed E-state index contributed by atoms with van der Waals surface area (Å²) in [7, 11) is 0. The zero-order valence-corrected chi connectivity index (χ0v) is 11.1. The van der Waals surface area contributed by atoms with Gasteiger partial charge in [-0.2, -0.15) is 8.78 Å². The highest BCUT2D eigenvalue weighted by Crippen LogP contribution is 2.30. The second-order valence-corrected chi connectivity index (χ2v) is 4.73. The number of para-hydroxylation sites is 1. The summed E-state index contributed by atoms with van der Waals surface area (Å²) in [4.78, 5) is 2.30. The van der Waals surface area contributed by atoms with E-state index < -0.39 is 6.61 Å². The number of hydrogen-bond acceptors (Lipinski definition) is 3. The fourth-order valence-electron chi connectivity index (χ4n) is 2.48. The van der Waals surface area contributed by atoms with Crippen molar-refractivity contribution < 1.29 is 13.5 Å². The largest absolute Gasteiger partial charge is 0.434 e. The van der Waals surface area contributed by atoms with Gasteiger partial charge < -0.3 is 10.1 Å². The van der Waals surface area contributed by atoms with E-state index in [-0.39, 0.29) is 11.8 Å². The van der Waals surface area contributed by atoms with E-state index in [0.29, 0.717) is 0 Å². The highest BCUT2D eigenvalue weighted by atomic mass is 19.3. The summed E-state index contributed by atoms with van der Waals surface area (Å²) in [5, 5.41) is 3.34. The van der Waals surface area contributed by atoms with E-state index in [2.05, 4.69) is 15.0 Å². The van der Waals surface area contributed by atoms with Gasteiger partial charge in [0.15, 0.2) is 0 Å². The summed E-state index contributed by atoms with van der Waals surface area (Å²) < 4.78 is 29.5. The molecule has 0 aromatic heterocycles. The average molecular weight is 270 g/mol. The minimum Gasteiger partial charge on any atom is -0.434 e. The first-order valence-electron chi connectivity index (χ1n) is 6.67. The molecule has 106 valence electrons. The van der Waals surface area contributed by atoms with E-state index in [1.165, 1.54) is 0 Å². The molecule has 1 fully saturated rings. The van der Waals surface area contributed by atoms with Crippen LogP contribution in [-0.2, 0) is 0 Å². The third-order valence-corrected chi connectivity index (χ3v) is 3.51. The van der Waals surface area contributed by atoms with Crippen molar-refractivity contribution >= 4 is 0 Å². The monoisotopic (exact) mass is 270 g/mol. The van der Waals surface area contributed by atoms with Crippen molar-refractivity contribution in [3.05, 3.63) is 29.8 Å². The van der Waals surface area contributed by atoms with Crippen molar-refractivity contribution in [2.45, 2.75) is 26.0 Å². The number of benzene rings is 1. The minimum absolute atomic E-state index is 0.0786. The van der Waals surface area contributed by atoms with Gasteiger partial charge in [-0.3, -0.25) is 4.90 Å². The summed E-state index contributed by atoms with van der Waals surface area (Å²) in [6.07, 6.45) is 1.07. The Balaban J connectivity index is 2.14. The number of nitrogens with one attached hydrogen (secondary N) is 1. The van der Waals surface area contributed by atoms with Gasteiger partial charge in [0.1, 0.15) is 5.75 Å². The molecule has 0 saturated carbocycles. The fourth-order valence-corrected chi connectivity index (χ4v) is 2.48. The zero-order valence-electron chi connectivity index (χ0n) is 11.1. The molecule has 1 aliphatic rings. The van der Waals surface area contributed by atoms with Gasteiger partial charge in [0.2, 0.25) is 0 Å². The fraction of sp³-hybridized carbons (Fsp3) is 0.571. The van der Waals surface area contributed by atoms with E-state index in [9.17, 15) is 8.78 Å². The van der Waals surface area contributed by atoms with Gasteiger partial charge in [-0.1, -0.05) is 18.2 Å². The van der Waals surface area contributed by atoms with Crippen LogP contribution in [0.3, 0.4) is 0 Å². The molecule has 1 N–H and O–H groups in total. The lowest BCUT2D eigenvalue weighted by Crippen LogP contribution is -2.31. The number of rotatable bonds is 4. The van der Waals surface area contributed by atoms with Crippen LogP contribution in [0, 0.1) is 0 Å². The molecule has 19 heavy (non-hydrogen) atoms. The Labute approximate surface area is 112 Å². The summed E-state index contributed by atoms with van der Waals surface area (Å²) in [6.45, 7) is 3.10. The van der Waals surface area contributed by atoms with Gasteiger partial charge in [-0.25, -0.2) is 0 Å². The summed E-state index contributed by atoms with van der Waals surface area (Å²) in [5.41, 5.74) is 0.824. The van der Waals surface area contributed by atoms with Crippen molar-refractivity contribution in [3.8, 4) is 5.75 Å². The van der Waals surface area contributed by atoms with Crippen molar-refractivity contribution in [2.75, 3.05) is 26.2 Å². The molecule has 1 aliphatic heterocycles. The lowest BCUT2D eigenvalue weighted by Gasteiger charge is -2.28. The van der Waals surface area contributed by atoms with Crippen LogP contribution < -0.4 is 10.1 Å². The quantitative estimate of drug-likeness (QED) is 0.910. The molecule has 1 aromatic rings. The normalized spacial score (nSPS) is 19.2. The standard InChI is InChI=1S/C14H20F2N2O/c1-11(18-9-4-7-17-8-10-18)12-5-2-3-6-13(12)19-14(15)16/h2-3,5-6,11,14,17H,4,7-10H2,1H3. The second kappa shape index (κ2) is 6.82. The lowest BCUT2D eigenvalue weighted by atomic mass is 10.1. The third-order valence-electron chi connectivity index (χ3n) is 3.51. The summed E-state index contributed by atoms with van der Waals surface area (Å²) >= 11 is 0. The topological polar surface area (TPSA) is 24.5 Å². The first-order valence-corrected chi connectivity index (χ1v) is 6.67. The van der Waals surface area contributed by atoms with E-state index in [1.54, 1.807) is 12.1 Å². The Morgan fingerprint density at radius 1 is 1.21 bits per heavy atom. The Morgan fingerprint density at radius 2 is 2.00 bits per heavy atom. The SMILES string of the molecule is CC(c1ccccc1OC(F)F)N1CCCNCC1. The molecular weight excluding hydrogens is 250 g/mol. The maximum atomic E-state index is 12.4. The molecule has 5 heteroatoms. The van der Waals surface area contributed by atoms with Crippen LogP contribution in [0.1, 0.15) is 24.9 Å². The predicted octanol–water partition coefficient (Wildman–Crippen LogP) is 2.64. The smallest absolute Gasteiger partial charge is 0.387 e. The van der Waals surface area contributed by atoms with Gasteiger partial charge in [0.05, 0.1) is 0 Å². The van der Waals surface area contributed by atoms with E-state index in [1.807, 2.05) is 19.1 Å². The highest BCUT2D eigenvalue weighted by Gasteiger charge is 2.21. The Bertz CT molecular complexity index is 393. The van der Waals surface area contributed by atoms with Crippen LogP contribution in [-0.4, -0.2) is 37.7 Å². The Morgan fingerprint density at radius 3 is 2.79 bits per heavy atom. The first-order chi connectivity index (χ1) is 9.18. The molecule has 0 spiro atoms. The van der Waals surface area contributed by atoms with Gasteiger partial charge in [-0.15, -0.1) is 0 Å². The molecule has 1 heterocycles. The molecule has 2 rings (SSSR count). The van der Waals surface area contributed by atoms with Crippen molar-refractivity contribution in [2.24, 2.45) is 0 Å². The molecule has 3 nitrogen and oxygen atoms in total. The predicted molar refractivity (Wildman–Crippen MR) is 70.5 cm³/mol. The van der Waals surface area contributed by atoms with Crippen molar-refractivity contribution in [1.29, 1.82) is 0 Å². The molecular formula is C14H20F2N2O. The maximum Gasteiger partial charge on any atom is 0.387 e. The summed E-state index contributed by atoms with van der Waals surface area (Å²) in [6, 6.07) is 7.13. The molecule has 1 unspecified atom stereocenters. The first kappa shape index (κ1) is 14.2. The molecule has 1 saturated heterocycles. The number of nitrogens with zero attached hydrogens (tertiary/aromatic N) is 1. The minimum atomic E-state index is -2.78. The summed E-state index contributed by atoms with van der Waals surface area (Å²) in [5.74, 6) is 0.280. The number of hydrogen-bond donors (Lipinski definition) is 1. The van der Waals surface area contributed by atoms with Crippen molar-refractivity contribution in [3.63, 3.8) is 0 Å². The lowest BCUT2D eigenvalue weighted by molar-refractivity contribution is -0.0511. The number of alkyl halides is 2. The molecule has 1 atom stereocenters. The Kier molecular flexibility index (Phi) is 5.10. The van der Waals surface area contributed by atoms with E-state index in [4.69, 9.17) is 0 Å². The third kappa shape index (κ3) is 3.88. The number of halogens is 2. The van der Waals surface area contributed by atoms with E-state index >= 15 is 0 Å². The second-order valence-electron chi connectivity index (χ2n) is 4.73. The molecule has 0 aliphatic carbocycles. The molecule has 0 amide bonds. The Hall–Kier alpha value is -1.20. The molecule has 0 bridgehead atoms. The van der Waals surface area contributed by atoms with Gasteiger partial charge >= 0.3 is 6.61 Å². The average Bonchev–Trinajstić information content (AvgIpc) is 2.67. The maximum absolute atomic E-state index is 12.4. The van der Waals surface area contributed by atoms with Crippen LogP contribution in [0.5, 0.6) is 5.75 Å². The van der Waals surface area contributed by atoms with Gasteiger partial charge in [0, 0.05) is 24.7 Å². The highest BCUT2D eigenvalue weighted by molar-refractivity contribution is 5.35. The van der Waals surface area contributed by atoms with Crippen LogP contribution >= 0.6 is 0 Å². The van der Waals surface area contributed by atoms with Crippen LogP contribution in [0.4, 0.5) is 8.78 Å². The van der Waals surface area contributed by atoms with Crippen LogP contribution in [0.25, 0.3) is 0 Å². The van der Waals surface area contributed by atoms with Gasteiger partial charge in [-0.05, 0) is 32.5 Å². The van der Waals surface area contributed by atoms with Crippen molar-refractivity contribution in [1.82, 2.24) is 10.2 Å². The van der Waals surface area contributed by atoms with E-state index in [0.717, 1.165) is 38.2 Å². The van der Waals surface area contributed by atoms with Crippen LogP contribution in [0.15, 0.2) is 24.3 Å². The molecule has 0 radical (unpaired) electrons. The van der Waals surface area contributed by atoms with Crippen LogP contribution in [0.2, 0.25) is 0 Å². The van der Waals surface area contributed by atoms with Gasteiger partial charge in [0.25, 0.3) is 0 Å². The zero-order chi connectivity index (χ0) is 13.7. The molecule has 1 aromatic carbocycles. The number of ether oxygens (including phenoxy) is 1.